The molecule has 0 saturated carbocycles. The zero-order chi connectivity index (χ0) is 15.1. The maximum Gasteiger partial charge on any atom is 0.122 e. The van der Waals surface area contributed by atoms with Crippen LogP contribution < -0.4 is 10.1 Å². The predicted octanol–water partition coefficient (Wildman–Crippen LogP) is 3.97. The fourth-order valence-corrected chi connectivity index (χ4v) is 2.83. The number of thiophene rings is 1. The van der Waals surface area contributed by atoms with Crippen LogP contribution in [-0.4, -0.2) is 13.2 Å². The number of hydrogen-bond acceptors (Lipinski definition) is 4. The molecule has 0 unspecified atom stereocenters. The van der Waals surface area contributed by atoms with Crippen molar-refractivity contribution in [1.29, 1.82) is 0 Å². The molecule has 1 heterocycles. The van der Waals surface area contributed by atoms with Crippen LogP contribution in [0.3, 0.4) is 0 Å². The molecule has 1 aromatic heterocycles. The van der Waals surface area contributed by atoms with E-state index in [1.54, 1.807) is 18.4 Å². The van der Waals surface area contributed by atoms with Gasteiger partial charge < -0.3 is 14.8 Å². The number of benzene rings is 1. The molecule has 2 aromatic rings. The third-order valence-electron chi connectivity index (χ3n) is 2.99. The number of hydrogen-bond donors (Lipinski definition) is 1. The van der Waals surface area contributed by atoms with Crippen molar-refractivity contribution in [2.45, 2.75) is 39.6 Å². The third kappa shape index (κ3) is 5.50. The van der Waals surface area contributed by atoms with Crippen molar-refractivity contribution in [3.8, 4) is 5.75 Å². The van der Waals surface area contributed by atoms with E-state index < -0.39 is 0 Å². The molecule has 0 amide bonds. The fourth-order valence-electron chi connectivity index (χ4n) is 1.95. The molecular weight excluding hydrogens is 282 g/mol. The van der Waals surface area contributed by atoms with Gasteiger partial charge in [-0.1, -0.05) is 26.0 Å². The first-order valence-corrected chi connectivity index (χ1v) is 8.00. The summed E-state index contributed by atoms with van der Waals surface area (Å²) in [5.41, 5.74) is 1.13. The van der Waals surface area contributed by atoms with Gasteiger partial charge in [0, 0.05) is 29.5 Å². The van der Waals surface area contributed by atoms with Crippen molar-refractivity contribution in [2.24, 2.45) is 0 Å². The molecular formula is C17H23NO2S. The standard InChI is InChI=1S/C17H23NO2S/c1-13(2)18-10-16-7-8-17(21-16)12-20-15-6-4-5-14(9-15)11-19-3/h4-9,13,18H,10-12H2,1-3H3. The van der Waals surface area contributed by atoms with Crippen molar-refractivity contribution < 1.29 is 9.47 Å². The Morgan fingerprint density at radius 1 is 1.10 bits per heavy atom. The molecule has 21 heavy (non-hydrogen) atoms. The molecule has 0 bridgehead atoms. The lowest BCUT2D eigenvalue weighted by molar-refractivity contribution is 0.184. The summed E-state index contributed by atoms with van der Waals surface area (Å²) < 4.78 is 11.0. The van der Waals surface area contributed by atoms with E-state index in [1.165, 1.54) is 9.75 Å². The minimum atomic E-state index is 0.510. The van der Waals surface area contributed by atoms with Gasteiger partial charge in [0.2, 0.25) is 0 Å². The van der Waals surface area contributed by atoms with Crippen molar-refractivity contribution in [3.05, 3.63) is 51.7 Å². The van der Waals surface area contributed by atoms with Crippen LogP contribution in [0.4, 0.5) is 0 Å². The predicted molar refractivity (Wildman–Crippen MR) is 87.8 cm³/mol. The molecule has 114 valence electrons. The average molecular weight is 305 g/mol. The highest BCUT2D eigenvalue weighted by molar-refractivity contribution is 7.11. The molecule has 0 aliphatic rings. The fraction of sp³-hybridized carbons (Fsp3) is 0.412. The summed E-state index contributed by atoms with van der Waals surface area (Å²) in [5, 5.41) is 3.43. The van der Waals surface area contributed by atoms with Gasteiger partial charge in [-0.25, -0.2) is 0 Å². The van der Waals surface area contributed by atoms with E-state index in [0.29, 0.717) is 19.3 Å². The Balaban J connectivity index is 1.86. The lowest BCUT2D eigenvalue weighted by Crippen LogP contribution is -2.21. The maximum atomic E-state index is 5.85. The van der Waals surface area contributed by atoms with Gasteiger partial charge in [0.05, 0.1) is 6.61 Å². The van der Waals surface area contributed by atoms with Gasteiger partial charge in [0.15, 0.2) is 0 Å². The number of nitrogens with one attached hydrogen (secondary N) is 1. The van der Waals surface area contributed by atoms with Gasteiger partial charge in [-0.3, -0.25) is 0 Å². The molecule has 1 N–H and O–H groups in total. The van der Waals surface area contributed by atoms with E-state index in [9.17, 15) is 0 Å². The van der Waals surface area contributed by atoms with Crippen molar-refractivity contribution in [1.82, 2.24) is 5.32 Å². The first kappa shape index (κ1) is 16.0. The van der Waals surface area contributed by atoms with E-state index >= 15 is 0 Å². The van der Waals surface area contributed by atoms with Gasteiger partial charge in [0.25, 0.3) is 0 Å². The Morgan fingerprint density at radius 3 is 2.67 bits per heavy atom. The Hall–Kier alpha value is -1.36. The second-order valence-electron chi connectivity index (χ2n) is 5.27. The van der Waals surface area contributed by atoms with Gasteiger partial charge in [-0.15, -0.1) is 11.3 Å². The Labute approximate surface area is 130 Å². The highest BCUT2D eigenvalue weighted by Gasteiger charge is 2.03. The van der Waals surface area contributed by atoms with Crippen LogP contribution in [0.1, 0.15) is 29.2 Å². The van der Waals surface area contributed by atoms with E-state index in [-0.39, 0.29) is 0 Å². The van der Waals surface area contributed by atoms with E-state index in [1.807, 2.05) is 24.3 Å². The Kier molecular flexibility index (Phi) is 6.23. The average Bonchev–Trinajstić information content (AvgIpc) is 2.92. The first-order chi connectivity index (χ1) is 10.2. The van der Waals surface area contributed by atoms with E-state index in [0.717, 1.165) is 17.9 Å². The quantitative estimate of drug-likeness (QED) is 0.800. The summed E-state index contributed by atoms with van der Waals surface area (Å²) in [6, 6.07) is 12.9. The molecule has 0 aliphatic heterocycles. The molecule has 4 heteroatoms. The van der Waals surface area contributed by atoms with Crippen LogP contribution in [0.15, 0.2) is 36.4 Å². The normalized spacial score (nSPS) is 11.0. The van der Waals surface area contributed by atoms with Crippen LogP contribution in [0, 0.1) is 0 Å². The summed E-state index contributed by atoms with van der Waals surface area (Å²) in [6.07, 6.45) is 0. The molecule has 2 rings (SSSR count). The van der Waals surface area contributed by atoms with Crippen LogP contribution in [0.5, 0.6) is 5.75 Å². The summed E-state index contributed by atoms with van der Waals surface area (Å²) in [4.78, 5) is 2.59. The number of methoxy groups -OCH3 is 1. The smallest absolute Gasteiger partial charge is 0.122 e. The van der Waals surface area contributed by atoms with Crippen molar-refractivity contribution in [3.63, 3.8) is 0 Å². The lowest BCUT2D eigenvalue weighted by Gasteiger charge is -2.07. The molecule has 0 radical (unpaired) electrons. The monoisotopic (exact) mass is 305 g/mol. The minimum absolute atomic E-state index is 0.510. The van der Waals surface area contributed by atoms with Gasteiger partial charge in [-0.2, -0.15) is 0 Å². The van der Waals surface area contributed by atoms with Crippen molar-refractivity contribution in [2.75, 3.05) is 7.11 Å². The molecule has 3 nitrogen and oxygen atoms in total. The third-order valence-corrected chi connectivity index (χ3v) is 4.05. The largest absolute Gasteiger partial charge is 0.488 e. The van der Waals surface area contributed by atoms with Crippen molar-refractivity contribution >= 4 is 11.3 Å². The van der Waals surface area contributed by atoms with Crippen LogP contribution in [0.2, 0.25) is 0 Å². The molecule has 0 saturated heterocycles. The minimum Gasteiger partial charge on any atom is -0.488 e. The van der Waals surface area contributed by atoms with Crippen LogP contribution in [0.25, 0.3) is 0 Å². The molecule has 0 fully saturated rings. The topological polar surface area (TPSA) is 30.5 Å². The molecule has 0 atom stereocenters. The number of ether oxygens (including phenoxy) is 2. The summed E-state index contributed by atoms with van der Waals surface area (Å²) in [7, 11) is 1.70. The summed E-state index contributed by atoms with van der Waals surface area (Å²) in [5.74, 6) is 0.889. The Bertz CT molecular complexity index is 551. The highest BCUT2D eigenvalue weighted by atomic mass is 32.1. The zero-order valence-corrected chi connectivity index (χ0v) is 13.7. The van der Waals surface area contributed by atoms with Crippen LogP contribution >= 0.6 is 11.3 Å². The molecule has 1 aromatic carbocycles. The van der Waals surface area contributed by atoms with Crippen LogP contribution in [-0.2, 0) is 24.5 Å². The number of rotatable bonds is 8. The Morgan fingerprint density at radius 2 is 1.90 bits per heavy atom. The highest BCUT2D eigenvalue weighted by Crippen LogP contribution is 2.20. The molecule has 0 aliphatic carbocycles. The van der Waals surface area contributed by atoms with E-state index in [2.05, 4.69) is 31.3 Å². The first-order valence-electron chi connectivity index (χ1n) is 7.19. The second-order valence-corrected chi connectivity index (χ2v) is 6.53. The lowest BCUT2D eigenvalue weighted by atomic mass is 10.2. The SMILES string of the molecule is COCc1cccc(OCc2ccc(CNC(C)C)s2)c1. The molecule has 0 spiro atoms. The summed E-state index contributed by atoms with van der Waals surface area (Å²) in [6.45, 7) is 6.46. The summed E-state index contributed by atoms with van der Waals surface area (Å²) >= 11 is 1.80. The second kappa shape index (κ2) is 8.17. The van der Waals surface area contributed by atoms with Gasteiger partial charge >= 0.3 is 0 Å². The van der Waals surface area contributed by atoms with E-state index in [4.69, 9.17) is 9.47 Å². The maximum absolute atomic E-state index is 5.85. The van der Waals surface area contributed by atoms with Gasteiger partial charge in [-0.05, 0) is 29.8 Å². The zero-order valence-electron chi connectivity index (χ0n) is 12.9. The van der Waals surface area contributed by atoms with Gasteiger partial charge in [0.1, 0.15) is 12.4 Å².